The molecule has 1 atom stereocenters. The molecule has 1 aliphatic rings. The topological polar surface area (TPSA) is 147 Å². The number of carboxylic acid groups (broad SMARTS) is 1. The molecule has 0 bridgehead atoms. The largest absolute Gasteiger partial charge is 0.511 e. The summed E-state index contributed by atoms with van der Waals surface area (Å²) in [5, 5.41) is 19.3. The molecule has 0 spiro atoms. The summed E-state index contributed by atoms with van der Waals surface area (Å²) in [6.07, 6.45) is -0.184. The molecular formula is C29H21N3O7S. The molecule has 10 nitrogen and oxygen atoms in total. The summed E-state index contributed by atoms with van der Waals surface area (Å²) in [6.45, 7) is 1.88. The fraction of sp³-hybridized carbons (Fsp3) is 0.103. The number of hydrogen-bond donors (Lipinski definition) is 1. The van der Waals surface area contributed by atoms with E-state index in [0.29, 0.717) is 4.31 Å². The molecule has 1 aromatic heterocycles. The van der Waals surface area contributed by atoms with E-state index in [-0.39, 0.29) is 51.1 Å². The minimum Gasteiger partial charge on any atom is -0.478 e. The number of para-hydroxylation sites is 1. The van der Waals surface area contributed by atoms with E-state index in [4.69, 9.17) is 9.47 Å². The molecule has 5 rings (SSSR count). The molecule has 200 valence electrons. The van der Waals surface area contributed by atoms with Crippen molar-refractivity contribution in [3.63, 3.8) is 0 Å². The van der Waals surface area contributed by atoms with Crippen molar-refractivity contribution in [3.8, 4) is 17.7 Å². The SMILES string of the molecule is CCOc1ncccc1C1(c2ccccc2OC(=O)O)C(=O)N(S(=O)(=O)c2ccccc2)c2ccc(C#N)cc21. The van der Waals surface area contributed by atoms with Crippen molar-refractivity contribution in [3.05, 3.63) is 113 Å². The summed E-state index contributed by atoms with van der Waals surface area (Å²) in [4.78, 5) is 30.7. The number of aromatic nitrogens is 1. The van der Waals surface area contributed by atoms with Gasteiger partial charge in [0.25, 0.3) is 15.9 Å². The summed E-state index contributed by atoms with van der Waals surface area (Å²) in [6, 6.07) is 22.7. The number of amides is 1. The fourth-order valence-electron chi connectivity index (χ4n) is 4.95. The molecule has 1 unspecified atom stereocenters. The molecule has 1 aliphatic heterocycles. The van der Waals surface area contributed by atoms with Crippen LogP contribution >= 0.6 is 0 Å². The van der Waals surface area contributed by atoms with E-state index < -0.39 is 27.5 Å². The lowest BCUT2D eigenvalue weighted by atomic mass is 9.69. The van der Waals surface area contributed by atoms with Crippen molar-refractivity contribution in [2.75, 3.05) is 10.9 Å². The molecule has 4 aromatic rings. The highest BCUT2D eigenvalue weighted by Gasteiger charge is 2.59. The van der Waals surface area contributed by atoms with Gasteiger partial charge in [0.1, 0.15) is 11.2 Å². The number of rotatable bonds is 7. The fourth-order valence-corrected chi connectivity index (χ4v) is 6.43. The maximum atomic E-state index is 14.9. The van der Waals surface area contributed by atoms with Gasteiger partial charge in [-0.2, -0.15) is 5.26 Å². The minimum atomic E-state index is -4.49. The van der Waals surface area contributed by atoms with E-state index in [1.807, 2.05) is 6.07 Å². The van der Waals surface area contributed by atoms with Crippen LogP contribution in [0.25, 0.3) is 0 Å². The molecule has 1 N–H and O–H groups in total. The van der Waals surface area contributed by atoms with Crippen molar-refractivity contribution < 1.29 is 32.6 Å². The number of hydrogen-bond acceptors (Lipinski definition) is 8. The van der Waals surface area contributed by atoms with Gasteiger partial charge in [-0.15, -0.1) is 0 Å². The summed E-state index contributed by atoms with van der Waals surface area (Å²) < 4.78 is 39.7. The first kappa shape index (κ1) is 26.4. The average molecular weight is 556 g/mol. The third-order valence-corrected chi connectivity index (χ3v) is 8.19. The van der Waals surface area contributed by atoms with E-state index in [1.54, 1.807) is 31.2 Å². The number of sulfonamides is 1. The van der Waals surface area contributed by atoms with Crippen molar-refractivity contribution in [2.24, 2.45) is 0 Å². The Morgan fingerprint density at radius 2 is 1.70 bits per heavy atom. The van der Waals surface area contributed by atoms with Gasteiger partial charge in [0, 0.05) is 22.9 Å². The monoisotopic (exact) mass is 555 g/mol. The Labute approximate surface area is 229 Å². The average Bonchev–Trinajstić information content (AvgIpc) is 3.22. The molecule has 0 saturated heterocycles. The number of anilines is 1. The molecule has 1 amide bonds. The molecule has 0 saturated carbocycles. The van der Waals surface area contributed by atoms with Gasteiger partial charge in [-0.25, -0.2) is 22.5 Å². The second kappa shape index (κ2) is 10.2. The van der Waals surface area contributed by atoms with Crippen LogP contribution in [-0.4, -0.2) is 37.2 Å². The smallest absolute Gasteiger partial charge is 0.478 e. The van der Waals surface area contributed by atoms with Crippen LogP contribution in [0.2, 0.25) is 0 Å². The van der Waals surface area contributed by atoms with Gasteiger partial charge in [-0.3, -0.25) is 4.79 Å². The Morgan fingerprint density at radius 3 is 2.40 bits per heavy atom. The first-order valence-corrected chi connectivity index (χ1v) is 13.5. The van der Waals surface area contributed by atoms with Crippen molar-refractivity contribution >= 4 is 27.8 Å². The zero-order valence-corrected chi connectivity index (χ0v) is 21.8. The normalized spacial score (nSPS) is 16.2. The first-order valence-electron chi connectivity index (χ1n) is 12.0. The van der Waals surface area contributed by atoms with Gasteiger partial charge in [-0.05, 0) is 49.4 Å². The molecule has 0 radical (unpaired) electrons. The van der Waals surface area contributed by atoms with E-state index in [1.165, 1.54) is 66.9 Å². The van der Waals surface area contributed by atoms with Gasteiger partial charge in [0.15, 0.2) is 0 Å². The Bertz CT molecular complexity index is 1790. The van der Waals surface area contributed by atoms with Crippen molar-refractivity contribution in [1.29, 1.82) is 5.26 Å². The molecule has 11 heteroatoms. The third kappa shape index (κ3) is 4.02. The maximum absolute atomic E-state index is 14.9. The number of pyridine rings is 1. The van der Waals surface area contributed by atoms with Crippen LogP contribution in [0.15, 0.2) is 96.0 Å². The molecule has 2 heterocycles. The van der Waals surface area contributed by atoms with E-state index in [0.717, 1.165) is 0 Å². The zero-order valence-electron chi connectivity index (χ0n) is 21.0. The minimum absolute atomic E-state index is 0.00992. The maximum Gasteiger partial charge on any atom is 0.511 e. The van der Waals surface area contributed by atoms with Crippen LogP contribution in [0.5, 0.6) is 11.6 Å². The lowest BCUT2D eigenvalue weighted by Gasteiger charge is -2.31. The number of nitriles is 1. The number of fused-ring (bicyclic) bond motifs is 1. The molecule has 3 aromatic carbocycles. The predicted octanol–water partition coefficient (Wildman–Crippen LogP) is 4.48. The van der Waals surface area contributed by atoms with Crippen LogP contribution in [0.1, 0.15) is 29.2 Å². The Morgan fingerprint density at radius 1 is 1.00 bits per heavy atom. The second-order valence-corrected chi connectivity index (χ2v) is 10.4. The number of carbonyl (C=O) groups excluding carboxylic acids is 1. The van der Waals surface area contributed by atoms with E-state index in [2.05, 4.69) is 4.98 Å². The summed E-state index contributed by atoms with van der Waals surface area (Å²) >= 11 is 0. The lowest BCUT2D eigenvalue weighted by Crippen LogP contribution is -2.45. The van der Waals surface area contributed by atoms with Crippen molar-refractivity contribution in [2.45, 2.75) is 17.2 Å². The number of ether oxygens (including phenoxy) is 2. The first-order chi connectivity index (χ1) is 19.3. The quantitative estimate of drug-likeness (QED) is 0.257. The number of nitrogens with zero attached hydrogens (tertiary/aromatic N) is 3. The standard InChI is InChI=1S/C29H21N3O7S/c1-2-38-26-22(12-8-16-31-26)29(21-11-6-7-13-25(21)39-28(34)35)23-17-19(18-30)14-15-24(23)32(27(29)33)40(36,37)20-9-4-3-5-10-20/h3-17H,2H2,1H3,(H,34,35). The van der Waals surface area contributed by atoms with Crippen LogP contribution in [0.3, 0.4) is 0 Å². The molecule has 0 fully saturated rings. The lowest BCUT2D eigenvalue weighted by molar-refractivity contribution is -0.119. The second-order valence-electron chi connectivity index (χ2n) is 8.63. The van der Waals surface area contributed by atoms with E-state index in [9.17, 15) is 28.4 Å². The van der Waals surface area contributed by atoms with Crippen LogP contribution < -0.4 is 13.8 Å². The van der Waals surface area contributed by atoms with Gasteiger partial charge >= 0.3 is 6.16 Å². The van der Waals surface area contributed by atoms with Gasteiger partial charge < -0.3 is 14.6 Å². The van der Waals surface area contributed by atoms with Gasteiger partial charge in [-0.1, -0.05) is 42.5 Å². The molecular weight excluding hydrogens is 534 g/mol. The summed E-state index contributed by atoms with van der Waals surface area (Å²) in [7, 11) is -4.49. The predicted molar refractivity (Wildman–Crippen MR) is 143 cm³/mol. The third-order valence-electron chi connectivity index (χ3n) is 6.48. The Balaban J connectivity index is 1.96. The summed E-state index contributed by atoms with van der Waals surface area (Å²) in [5.41, 5.74) is -1.61. The van der Waals surface area contributed by atoms with Crippen LogP contribution in [0, 0.1) is 11.3 Å². The van der Waals surface area contributed by atoms with Gasteiger partial charge in [0.05, 0.1) is 28.8 Å². The Kier molecular flexibility index (Phi) is 6.71. The highest BCUT2D eigenvalue weighted by atomic mass is 32.2. The van der Waals surface area contributed by atoms with Gasteiger partial charge in [0.2, 0.25) is 5.88 Å². The van der Waals surface area contributed by atoms with E-state index >= 15 is 0 Å². The van der Waals surface area contributed by atoms with Crippen LogP contribution in [0.4, 0.5) is 10.5 Å². The number of benzene rings is 3. The highest BCUT2D eigenvalue weighted by molar-refractivity contribution is 7.93. The zero-order chi connectivity index (χ0) is 28.5. The molecule has 0 aliphatic carbocycles. The Hall–Kier alpha value is -5.21. The number of carbonyl (C=O) groups is 2. The summed E-state index contributed by atoms with van der Waals surface area (Å²) in [5.74, 6) is -1.13. The molecule has 40 heavy (non-hydrogen) atoms. The van der Waals surface area contributed by atoms with Crippen LogP contribution in [-0.2, 0) is 20.2 Å². The van der Waals surface area contributed by atoms with Crippen molar-refractivity contribution in [1.82, 2.24) is 4.98 Å². The highest BCUT2D eigenvalue weighted by Crippen LogP contribution is 2.55.